The fourth-order valence-corrected chi connectivity index (χ4v) is 1.90. The predicted octanol–water partition coefficient (Wildman–Crippen LogP) is 0.613. The molecule has 2 aromatic rings. The number of nitrogen functional groups attached to an aromatic ring is 1. The van der Waals surface area contributed by atoms with Gasteiger partial charge in [-0.25, -0.2) is 10.5 Å². The number of nitrogens with zero attached hydrogens (tertiary/aromatic N) is 2. The van der Waals surface area contributed by atoms with E-state index in [0.717, 1.165) is 16.7 Å². The number of hydrazine groups is 1. The molecule has 0 aliphatic heterocycles. The number of aromatic nitrogens is 2. The summed E-state index contributed by atoms with van der Waals surface area (Å²) < 4.78 is 1.13. The number of amides is 1. The Bertz CT molecular complexity index is 689. The molecule has 0 saturated heterocycles. The Morgan fingerprint density at radius 3 is 2.55 bits per heavy atom. The highest BCUT2D eigenvalue weighted by molar-refractivity contribution is 5.94. The van der Waals surface area contributed by atoms with Crippen LogP contribution in [0.4, 0.5) is 0 Å². The summed E-state index contributed by atoms with van der Waals surface area (Å²) in [5, 5.41) is 4.16. The van der Waals surface area contributed by atoms with Crippen LogP contribution in [0.5, 0.6) is 0 Å². The van der Waals surface area contributed by atoms with E-state index >= 15 is 0 Å². The largest absolute Gasteiger partial charge is 0.290 e. The minimum Gasteiger partial charge on any atom is -0.290 e. The van der Waals surface area contributed by atoms with Gasteiger partial charge in [0, 0.05) is 12.6 Å². The SMILES string of the molecule is CCc1ccc(-c2cc(C(=O)NN)c(=O)n(C)n2)cc1. The molecule has 0 aliphatic rings. The smallest absolute Gasteiger partial charge is 0.279 e. The van der Waals surface area contributed by atoms with E-state index in [9.17, 15) is 9.59 Å². The first-order chi connectivity index (χ1) is 9.56. The van der Waals surface area contributed by atoms with Crippen molar-refractivity contribution in [2.24, 2.45) is 12.9 Å². The van der Waals surface area contributed by atoms with Gasteiger partial charge >= 0.3 is 0 Å². The molecule has 1 heterocycles. The Hall–Kier alpha value is -2.47. The highest BCUT2D eigenvalue weighted by atomic mass is 16.2. The molecule has 6 nitrogen and oxygen atoms in total. The van der Waals surface area contributed by atoms with Crippen LogP contribution in [0.3, 0.4) is 0 Å². The van der Waals surface area contributed by atoms with Crippen LogP contribution in [-0.2, 0) is 13.5 Å². The fourth-order valence-electron chi connectivity index (χ4n) is 1.90. The third kappa shape index (κ3) is 2.60. The molecule has 0 atom stereocenters. The molecule has 3 N–H and O–H groups in total. The monoisotopic (exact) mass is 272 g/mol. The van der Waals surface area contributed by atoms with E-state index in [1.54, 1.807) is 0 Å². The molecule has 0 spiro atoms. The number of benzene rings is 1. The summed E-state index contributed by atoms with van der Waals surface area (Å²) in [4.78, 5) is 23.4. The van der Waals surface area contributed by atoms with Crippen LogP contribution in [0.1, 0.15) is 22.8 Å². The van der Waals surface area contributed by atoms with Gasteiger partial charge in [-0.1, -0.05) is 31.2 Å². The van der Waals surface area contributed by atoms with Crippen LogP contribution >= 0.6 is 0 Å². The maximum absolute atomic E-state index is 11.8. The molecule has 0 bridgehead atoms. The molecule has 1 amide bonds. The van der Waals surface area contributed by atoms with E-state index in [1.165, 1.54) is 18.7 Å². The minimum atomic E-state index is -0.626. The zero-order valence-corrected chi connectivity index (χ0v) is 11.4. The van der Waals surface area contributed by atoms with E-state index in [4.69, 9.17) is 5.84 Å². The number of nitrogens with two attached hydrogens (primary N) is 1. The number of rotatable bonds is 3. The van der Waals surface area contributed by atoms with Crippen LogP contribution in [-0.4, -0.2) is 15.7 Å². The predicted molar refractivity (Wildman–Crippen MR) is 75.9 cm³/mol. The van der Waals surface area contributed by atoms with Crippen molar-refractivity contribution >= 4 is 5.91 Å². The van der Waals surface area contributed by atoms with Crippen molar-refractivity contribution < 1.29 is 4.79 Å². The third-order valence-corrected chi connectivity index (χ3v) is 3.10. The highest BCUT2D eigenvalue weighted by Gasteiger charge is 2.13. The van der Waals surface area contributed by atoms with E-state index in [2.05, 4.69) is 12.0 Å². The Kier molecular flexibility index (Phi) is 3.95. The van der Waals surface area contributed by atoms with E-state index in [1.807, 2.05) is 29.7 Å². The van der Waals surface area contributed by atoms with Crippen molar-refractivity contribution in [3.8, 4) is 11.3 Å². The molecule has 104 valence electrons. The molecule has 1 aromatic heterocycles. The third-order valence-electron chi connectivity index (χ3n) is 3.10. The van der Waals surface area contributed by atoms with Gasteiger partial charge in [0.25, 0.3) is 11.5 Å². The summed E-state index contributed by atoms with van der Waals surface area (Å²) in [6, 6.07) is 9.26. The molecule has 2 rings (SSSR count). The van der Waals surface area contributed by atoms with Crippen LogP contribution in [0.15, 0.2) is 35.1 Å². The first-order valence-corrected chi connectivity index (χ1v) is 6.25. The lowest BCUT2D eigenvalue weighted by Gasteiger charge is -2.07. The van der Waals surface area contributed by atoms with Gasteiger partial charge in [-0.05, 0) is 18.1 Å². The van der Waals surface area contributed by atoms with E-state index < -0.39 is 11.5 Å². The summed E-state index contributed by atoms with van der Waals surface area (Å²) in [5.41, 5.74) is 4.05. The number of hydrogen-bond acceptors (Lipinski definition) is 4. The second kappa shape index (κ2) is 5.66. The van der Waals surface area contributed by atoms with Crippen LogP contribution < -0.4 is 16.8 Å². The Balaban J connectivity index is 2.54. The van der Waals surface area contributed by atoms with Crippen molar-refractivity contribution in [1.82, 2.24) is 15.2 Å². The van der Waals surface area contributed by atoms with Crippen molar-refractivity contribution in [2.45, 2.75) is 13.3 Å². The lowest BCUT2D eigenvalue weighted by Crippen LogP contribution is -2.36. The Morgan fingerprint density at radius 1 is 1.35 bits per heavy atom. The second-order valence-electron chi connectivity index (χ2n) is 4.40. The minimum absolute atomic E-state index is 0.0282. The van der Waals surface area contributed by atoms with Crippen LogP contribution in [0.25, 0.3) is 11.3 Å². The number of aryl methyl sites for hydroxylation is 2. The van der Waals surface area contributed by atoms with Crippen LogP contribution in [0, 0.1) is 0 Å². The van der Waals surface area contributed by atoms with Gasteiger partial charge < -0.3 is 0 Å². The van der Waals surface area contributed by atoms with Crippen LogP contribution in [0.2, 0.25) is 0 Å². The molecule has 20 heavy (non-hydrogen) atoms. The van der Waals surface area contributed by atoms with Gasteiger partial charge in [0.15, 0.2) is 0 Å². The number of nitrogens with one attached hydrogen (secondary N) is 1. The molecule has 1 aromatic carbocycles. The van der Waals surface area contributed by atoms with Gasteiger partial charge in [-0.15, -0.1) is 0 Å². The van der Waals surface area contributed by atoms with Gasteiger partial charge in [-0.2, -0.15) is 5.10 Å². The number of carbonyl (C=O) groups excluding carboxylic acids is 1. The first kappa shape index (κ1) is 14.0. The van der Waals surface area contributed by atoms with Crippen molar-refractivity contribution in [2.75, 3.05) is 0 Å². The zero-order valence-electron chi connectivity index (χ0n) is 11.4. The maximum atomic E-state index is 11.8. The highest BCUT2D eigenvalue weighted by Crippen LogP contribution is 2.17. The molecule has 0 saturated carbocycles. The van der Waals surface area contributed by atoms with Gasteiger partial charge in [0.2, 0.25) is 0 Å². The molecule has 0 radical (unpaired) electrons. The van der Waals surface area contributed by atoms with E-state index in [0.29, 0.717) is 5.69 Å². The molecule has 6 heteroatoms. The fraction of sp³-hybridized carbons (Fsp3) is 0.214. The number of hydrogen-bond donors (Lipinski definition) is 2. The molecule has 0 unspecified atom stereocenters. The topological polar surface area (TPSA) is 90.0 Å². The average Bonchev–Trinajstić information content (AvgIpc) is 2.49. The lowest BCUT2D eigenvalue weighted by molar-refractivity contribution is 0.0951. The maximum Gasteiger partial charge on any atom is 0.279 e. The number of carbonyl (C=O) groups is 1. The van der Waals surface area contributed by atoms with Gasteiger partial charge in [-0.3, -0.25) is 15.0 Å². The summed E-state index contributed by atoms with van der Waals surface area (Å²) in [6.07, 6.45) is 0.946. The standard InChI is InChI=1S/C14H16N4O2/c1-3-9-4-6-10(7-5-9)12-8-11(13(19)16-15)14(20)18(2)17-12/h4-8H,3,15H2,1-2H3,(H,16,19). The average molecular weight is 272 g/mol. The van der Waals surface area contributed by atoms with Crippen molar-refractivity contribution in [3.05, 3.63) is 51.8 Å². The molecular formula is C14H16N4O2. The van der Waals surface area contributed by atoms with E-state index in [-0.39, 0.29) is 5.56 Å². The normalized spacial score (nSPS) is 10.3. The summed E-state index contributed by atoms with van der Waals surface area (Å²) in [6.45, 7) is 2.07. The molecule has 0 fully saturated rings. The quantitative estimate of drug-likeness (QED) is 0.487. The molecular weight excluding hydrogens is 256 g/mol. The lowest BCUT2D eigenvalue weighted by atomic mass is 10.1. The summed E-state index contributed by atoms with van der Waals surface area (Å²) in [7, 11) is 1.50. The summed E-state index contributed by atoms with van der Waals surface area (Å²) in [5.74, 6) is 4.46. The Morgan fingerprint density at radius 2 is 2.00 bits per heavy atom. The van der Waals surface area contributed by atoms with Gasteiger partial charge in [0.05, 0.1) is 5.69 Å². The Labute approximate surface area is 116 Å². The summed E-state index contributed by atoms with van der Waals surface area (Å²) >= 11 is 0. The zero-order chi connectivity index (χ0) is 14.7. The van der Waals surface area contributed by atoms with Gasteiger partial charge in [0.1, 0.15) is 5.56 Å². The van der Waals surface area contributed by atoms with Crippen molar-refractivity contribution in [3.63, 3.8) is 0 Å². The molecule has 0 aliphatic carbocycles. The first-order valence-electron chi connectivity index (χ1n) is 6.25. The van der Waals surface area contributed by atoms with Crippen molar-refractivity contribution in [1.29, 1.82) is 0 Å². The second-order valence-corrected chi connectivity index (χ2v) is 4.40.